The van der Waals surface area contributed by atoms with Crippen LogP contribution in [-0.2, 0) is 4.74 Å². The zero-order chi connectivity index (χ0) is 16.7. The molecule has 0 saturated heterocycles. The maximum absolute atomic E-state index is 9.58. The Hall–Kier alpha value is -1.65. The number of thioether (sulfide) groups is 1. The molecule has 1 N–H and O–H groups in total. The van der Waals surface area contributed by atoms with Crippen molar-refractivity contribution in [2.45, 2.75) is 31.8 Å². The molecule has 2 aromatic rings. The van der Waals surface area contributed by atoms with E-state index in [9.17, 15) is 5.11 Å². The van der Waals surface area contributed by atoms with Crippen molar-refractivity contribution >= 4 is 11.8 Å². The van der Waals surface area contributed by atoms with E-state index >= 15 is 0 Å². The van der Waals surface area contributed by atoms with Gasteiger partial charge in [-0.05, 0) is 56.7 Å². The Morgan fingerprint density at radius 1 is 1.09 bits per heavy atom. The first kappa shape index (κ1) is 17.7. The molecule has 0 fully saturated rings. The van der Waals surface area contributed by atoms with Gasteiger partial charge in [0.2, 0.25) is 0 Å². The van der Waals surface area contributed by atoms with Crippen molar-refractivity contribution in [2.75, 3.05) is 19.0 Å². The van der Waals surface area contributed by atoms with Gasteiger partial charge in [-0.2, -0.15) is 0 Å². The summed E-state index contributed by atoms with van der Waals surface area (Å²) in [6.45, 7) is 7.15. The van der Waals surface area contributed by atoms with Gasteiger partial charge in [0.1, 0.15) is 24.2 Å². The fraction of sp³-hybridized carbons (Fsp3) is 0.368. The average Bonchev–Trinajstić information content (AvgIpc) is 2.55. The van der Waals surface area contributed by atoms with Crippen LogP contribution in [-0.4, -0.2) is 30.2 Å². The highest BCUT2D eigenvalue weighted by molar-refractivity contribution is 7.99. The third kappa shape index (κ3) is 5.81. The van der Waals surface area contributed by atoms with E-state index in [4.69, 9.17) is 9.47 Å². The summed E-state index contributed by atoms with van der Waals surface area (Å²) in [4.78, 5) is 1.13. The van der Waals surface area contributed by atoms with Gasteiger partial charge in [0, 0.05) is 17.3 Å². The summed E-state index contributed by atoms with van der Waals surface area (Å²) in [5, 5.41) is 9.58. The average molecular weight is 332 g/mol. The van der Waals surface area contributed by atoms with Gasteiger partial charge in [-0.25, -0.2) is 0 Å². The van der Waals surface area contributed by atoms with Crippen LogP contribution < -0.4 is 4.74 Å². The number of phenols is 1. The predicted molar refractivity (Wildman–Crippen MR) is 95.7 cm³/mol. The molecule has 0 bridgehead atoms. The number of aromatic hydroxyl groups is 1. The van der Waals surface area contributed by atoms with E-state index in [1.807, 2.05) is 50.2 Å². The minimum atomic E-state index is 0.0282. The SMILES string of the molecule is CCOC(COc1ccc(C)cc1)CSc1ccc(O)c(C)c1. The van der Waals surface area contributed by atoms with E-state index in [1.165, 1.54) is 5.56 Å². The molecule has 23 heavy (non-hydrogen) atoms. The first-order valence-electron chi connectivity index (χ1n) is 7.82. The van der Waals surface area contributed by atoms with E-state index in [0.29, 0.717) is 19.0 Å². The topological polar surface area (TPSA) is 38.7 Å². The molecular weight excluding hydrogens is 308 g/mol. The third-order valence-corrected chi connectivity index (χ3v) is 4.59. The second-order valence-corrected chi connectivity index (χ2v) is 6.55. The summed E-state index contributed by atoms with van der Waals surface area (Å²) in [6, 6.07) is 13.7. The molecule has 0 radical (unpaired) electrons. The van der Waals surface area contributed by atoms with Crippen molar-refractivity contribution in [3.05, 3.63) is 53.6 Å². The van der Waals surface area contributed by atoms with Crippen molar-refractivity contribution in [1.82, 2.24) is 0 Å². The zero-order valence-corrected chi connectivity index (χ0v) is 14.7. The predicted octanol–water partition coefficient (Wildman–Crippen LogP) is 4.59. The number of hydrogen-bond donors (Lipinski definition) is 1. The van der Waals surface area contributed by atoms with Gasteiger partial charge < -0.3 is 14.6 Å². The molecule has 0 aromatic heterocycles. The summed E-state index contributed by atoms with van der Waals surface area (Å²) in [5.41, 5.74) is 2.11. The Morgan fingerprint density at radius 2 is 1.83 bits per heavy atom. The Morgan fingerprint density at radius 3 is 2.48 bits per heavy atom. The molecule has 0 spiro atoms. The van der Waals surface area contributed by atoms with Crippen LogP contribution in [0.4, 0.5) is 0 Å². The van der Waals surface area contributed by atoms with Gasteiger partial charge in [0.25, 0.3) is 0 Å². The van der Waals surface area contributed by atoms with E-state index in [0.717, 1.165) is 22.0 Å². The molecule has 124 valence electrons. The van der Waals surface area contributed by atoms with E-state index in [1.54, 1.807) is 17.8 Å². The summed E-state index contributed by atoms with van der Waals surface area (Å²) in [5.74, 6) is 2.01. The molecule has 1 atom stereocenters. The van der Waals surface area contributed by atoms with Crippen LogP contribution in [0.1, 0.15) is 18.1 Å². The molecule has 0 amide bonds. The van der Waals surface area contributed by atoms with Gasteiger partial charge in [-0.1, -0.05) is 17.7 Å². The lowest BCUT2D eigenvalue weighted by atomic mass is 10.2. The zero-order valence-electron chi connectivity index (χ0n) is 13.9. The minimum absolute atomic E-state index is 0.0282. The van der Waals surface area contributed by atoms with Crippen molar-refractivity contribution in [2.24, 2.45) is 0 Å². The summed E-state index contributed by atoms with van der Waals surface area (Å²) >= 11 is 1.71. The number of aryl methyl sites for hydroxylation is 2. The quantitative estimate of drug-likeness (QED) is 0.718. The second-order valence-electron chi connectivity index (χ2n) is 5.46. The first-order chi connectivity index (χ1) is 11.1. The fourth-order valence-electron chi connectivity index (χ4n) is 2.11. The van der Waals surface area contributed by atoms with Crippen LogP contribution >= 0.6 is 11.8 Å². The molecule has 1 unspecified atom stereocenters. The second kappa shape index (κ2) is 8.85. The summed E-state index contributed by atoms with van der Waals surface area (Å²) < 4.78 is 11.6. The molecule has 0 heterocycles. The highest BCUT2D eigenvalue weighted by atomic mass is 32.2. The third-order valence-electron chi connectivity index (χ3n) is 3.46. The smallest absolute Gasteiger partial charge is 0.119 e. The lowest BCUT2D eigenvalue weighted by molar-refractivity contribution is 0.0433. The molecule has 3 nitrogen and oxygen atoms in total. The summed E-state index contributed by atoms with van der Waals surface area (Å²) in [7, 11) is 0. The van der Waals surface area contributed by atoms with Gasteiger partial charge >= 0.3 is 0 Å². The number of hydrogen-bond acceptors (Lipinski definition) is 4. The fourth-order valence-corrected chi connectivity index (χ4v) is 3.11. The normalized spacial score (nSPS) is 12.1. The van der Waals surface area contributed by atoms with Crippen molar-refractivity contribution in [1.29, 1.82) is 0 Å². The maximum Gasteiger partial charge on any atom is 0.119 e. The number of ether oxygens (including phenoxy) is 2. The Bertz CT molecular complexity index is 611. The Labute approximate surface area is 142 Å². The van der Waals surface area contributed by atoms with Crippen molar-refractivity contribution in [3.8, 4) is 11.5 Å². The van der Waals surface area contributed by atoms with Gasteiger partial charge in [0.15, 0.2) is 0 Å². The molecule has 2 rings (SSSR count). The van der Waals surface area contributed by atoms with E-state index < -0.39 is 0 Å². The lowest BCUT2D eigenvalue weighted by Crippen LogP contribution is -2.24. The molecule has 4 heteroatoms. The minimum Gasteiger partial charge on any atom is -0.508 e. The number of phenolic OH excluding ortho intramolecular Hbond substituents is 1. The Kier molecular flexibility index (Phi) is 6.81. The molecule has 0 aliphatic heterocycles. The van der Waals surface area contributed by atoms with Crippen LogP contribution in [0.15, 0.2) is 47.4 Å². The highest BCUT2D eigenvalue weighted by Crippen LogP contribution is 2.25. The van der Waals surface area contributed by atoms with Gasteiger partial charge in [-0.15, -0.1) is 11.8 Å². The van der Waals surface area contributed by atoms with Crippen LogP contribution in [0.5, 0.6) is 11.5 Å². The standard InChI is InChI=1S/C19H24O3S/c1-4-21-17(12-22-16-7-5-14(2)6-8-16)13-23-18-9-10-19(20)15(3)11-18/h5-11,17,20H,4,12-13H2,1-3H3. The molecule has 0 saturated carbocycles. The molecular formula is C19H24O3S. The highest BCUT2D eigenvalue weighted by Gasteiger charge is 2.11. The number of benzene rings is 2. The van der Waals surface area contributed by atoms with Crippen molar-refractivity contribution < 1.29 is 14.6 Å². The van der Waals surface area contributed by atoms with Crippen LogP contribution in [0.3, 0.4) is 0 Å². The largest absolute Gasteiger partial charge is 0.508 e. The Balaban J connectivity index is 1.87. The van der Waals surface area contributed by atoms with Crippen LogP contribution in [0, 0.1) is 13.8 Å². The molecule has 2 aromatic carbocycles. The number of rotatable bonds is 8. The van der Waals surface area contributed by atoms with E-state index in [2.05, 4.69) is 6.92 Å². The van der Waals surface area contributed by atoms with Crippen LogP contribution in [0.2, 0.25) is 0 Å². The van der Waals surface area contributed by atoms with Crippen LogP contribution in [0.25, 0.3) is 0 Å². The van der Waals surface area contributed by atoms with E-state index in [-0.39, 0.29) is 6.10 Å². The maximum atomic E-state index is 9.58. The summed E-state index contributed by atoms with van der Waals surface area (Å²) in [6.07, 6.45) is 0.0282. The lowest BCUT2D eigenvalue weighted by Gasteiger charge is -2.18. The van der Waals surface area contributed by atoms with Gasteiger partial charge in [-0.3, -0.25) is 0 Å². The molecule has 0 aliphatic carbocycles. The van der Waals surface area contributed by atoms with Crippen molar-refractivity contribution in [3.63, 3.8) is 0 Å². The monoisotopic (exact) mass is 332 g/mol. The molecule has 0 aliphatic rings. The first-order valence-corrected chi connectivity index (χ1v) is 8.80. The van der Waals surface area contributed by atoms with Gasteiger partial charge in [0.05, 0.1) is 0 Å².